The summed E-state index contributed by atoms with van der Waals surface area (Å²) in [7, 11) is 4.02. The van der Waals surface area contributed by atoms with E-state index in [-0.39, 0.29) is 5.41 Å². The first-order chi connectivity index (χ1) is 10.8. The molecule has 2 aliphatic heterocycles. The number of hydrogen-bond donors (Lipinski definition) is 1. The highest BCUT2D eigenvalue weighted by molar-refractivity contribution is 5.46. The normalized spacial score (nSPS) is 39.2. The lowest BCUT2D eigenvalue weighted by Crippen LogP contribution is -2.70. The highest BCUT2D eigenvalue weighted by Gasteiger charge is 2.60. The predicted molar refractivity (Wildman–Crippen MR) is 91.9 cm³/mol. The lowest BCUT2D eigenvalue weighted by atomic mass is 9.48. The third-order valence-corrected chi connectivity index (χ3v) is 7.20. The molecule has 0 spiro atoms. The fourth-order valence-electron chi connectivity index (χ4n) is 5.93. The third-order valence-electron chi connectivity index (χ3n) is 7.20. The molecule has 2 aliphatic carbocycles. The van der Waals surface area contributed by atoms with Crippen LogP contribution in [0.5, 0.6) is 5.75 Å². The van der Waals surface area contributed by atoms with Gasteiger partial charge in [0.2, 0.25) is 0 Å². The Morgan fingerprint density at radius 1 is 1.30 bits per heavy atom. The summed E-state index contributed by atoms with van der Waals surface area (Å²) in [5, 5.41) is 10.7. The third kappa shape index (κ3) is 2.02. The number of piperidine rings is 2. The van der Waals surface area contributed by atoms with E-state index in [0.29, 0.717) is 23.9 Å². The molecule has 5 rings (SSSR count). The summed E-state index contributed by atoms with van der Waals surface area (Å²) in [6.45, 7) is 6.42. The van der Waals surface area contributed by atoms with E-state index in [1.165, 1.54) is 11.1 Å². The van der Waals surface area contributed by atoms with Crippen molar-refractivity contribution in [3.63, 3.8) is 0 Å². The first kappa shape index (κ1) is 15.5. The maximum absolute atomic E-state index is 10.7. The van der Waals surface area contributed by atoms with E-state index in [2.05, 4.69) is 37.1 Å². The van der Waals surface area contributed by atoms with Crippen LogP contribution < -0.4 is 4.74 Å². The molecule has 4 bridgehead atoms. The fourth-order valence-corrected chi connectivity index (χ4v) is 5.93. The molecule has 1 aromatic rings. The second-order valence-corrected chi connectivity index (χ2v) is 8.75. The molecule has 0 radical (unpaired) electrons. The molecule has 2 heterocycles. The molecule has 5 atom stereocenters. The zero-order valence-corrected chi connectivity index (χ0v) is 15.0. The number of hydrogen-bond acceptors (Lipinski definition) is 3. The highest BCUT2D eigenvalue weighted by atomic mass is 16.5. The van der Waals surface area contributed by atoms with Gasteiger partial charge >= 0.3 is 0 Å². The molecule has 126 valence electrons. The van der Waals surface area contributed by atoms with E-state index in [1.54, 1.807) is 7.11 Å². The van der Waals surface area contributed by atoms with Crippen molar-refractivity contribution in [2.75, 3.05) is 14.2 Å². The quantitative estimate of drug-likeness (QED) is 0.911. The zero-order valence-electron chi connectivity index (χ0n) is 15.0. The Hall–Kier alpha value is -1.06. The SMILES string of the molecule is COc1ccc2c(c1)[C@@]1(C)CC3C(C(C)(C)O)CC1C(C2)N3C. The van der Waals surface area contributed by atoms with Crippen LogP contribution in [-0.2, 0) is 11.8 Å². The number of aliphatic hydroxyl groups is 1. The molecule has 3 heteroatoms. The molecule has 1 saturated carbocycles. The number of ether oxygens (including phenoxy) is 1. The van der Waals surface area contributed by atoms with Gasteiger partial charge in [0.1, 0.15) is 5.75 Å². The fraction of sp³-hybridized carbons (Fsp3) is 0.700. The van der Waals surface area contributed by atoms with Crippen LogP contribution in [0.25, 0.3) is 0 Å². The Morgan fingerprint density at radius 3 is 2.70 bits per heavy atom. The lowest BCUT2D eigenvalue weighted by molar-refractivity contribution is -0.143. The van der Waals surface area contributed by atoms with Crippen LogP contribution in [0, 0.1) is 11.8 Å². The molecule has 23 heavy (non-hydrogen) atoms. The molecule has 1 aromatic carbocycles. The Kier molecular flexibility index (Phi) is 3.18. The van der Waals surface area contributed by atoms with Crippen molar-refractivity contribution in [2.24, 2.45) is 11.8 Å². The van der Waals surface area contributed by atoms with Gasteiger partial charge in [-0.15, -0.1) is 0 Å². The number of methoxy groups -OCH3 is 1. The molecule has 3 nitrogen and oxygen atoms in total. The topological polar surface area (TPSA) is 32.7 Å². The van der Waals surface area contributed by atoms with Gasteiger partial charge in [-0.05, 0) is 74.8 Å². The van der Waals surface area contributed by atoms with Crippen molar-refractivity contribution in [3.8, 4) is 5.75 Å². The Morgan fingerprint density at radius 2 is 2.04 bits per heavy atom. The van der Waals surface area contributed by atoms with E-state index in [9.17, 15) is 5.11 Å². The van der Waals surface area contributed by atoms with Crippen LogP contribution in [0.15, 0.2) is 18.2 Å². The summed E-state index contributed by atoms with van der Waals surface area (Å²) in [5.74, 6) is 1.96. The maximum Gasteiger partial charge on any atom is 0.119 e. The zero-order chi connectivity index (χ0) is 16.6. The van der Waals surface area contributed by atoms with Crippen LogP contribution in [0.3, 0.4) is 0 Å². The van der Waals surface area contributed by atoms with Crippen molar-refractivity contribution in [2.45, 2.75) is 63.1 Å². The lowest BCUT2D eigenvalue weighted by Gasteiger charge is -2.65. The summed E-state index contributed by atoms with van der Waals surface area (Å²) in [4.78, 5) is 2.58. The van der Waals surface area contributed by atoms with Crippen LogP contribution in [0.1, 0.15) is 44.7 Å². The minimum Gasteiger partial charge on any atom is -0.497 e. The number of rotatable bonds is 2. The Labute approximate surface area is 139 Å². The second kappa shape index (κ2) is 4.73. The van der Waals surface area contributed by atoms with Gasteiger partial charge in [-0.25, -0.2) is 0 Å². The van der Waals surface area contributed by atoms with Gasteiger partial charge < -0.3 is 9.84 Å². The highest BCUT2D eigenvalue weighted by Crippen LogP contribution is 2.59. The minimum absolute atomic E-state index is 0.214. The molecule has 2 saturated heterocycles. The van der Waals surface area contributed by atoms with Crippen LogP contribution in [0.4, 0.5) is 0 Å². The number of benzene rings is 1. The van der Waals surface area contributed by atoms with Crippen LogP contribution in [0.2, 0.25) is 0 Å². The van der Waals surface area contributed by atoms with Gasteiger partial charge in [0.05, 0.1) is 12.7 Å². The molecule has 0 amide bonds. The first-order valence-corrected chi connectivity index (χ1v) is 8.87. The van der Waals surface area contributed by atoms with Gasteiger partial charge in [0.15, 0.2) is 0 Å². The van der Waals surface area contributed by atoms with Gasteiger partial charge in [0.25, 0.3) is 0 Å². The molecule has 1 N–H and O–H groups in total. The van der Waals surface area contributed by atoms with Gasteiger partial charge in [-0.1, -0.05) is 13.0 Å². The molecular formula is C20H29NO2. The number of likely N-dealkylation sites (N-methyl/N-ethyl adjacent to an activating group) is 1. The minimum atomic E-state index is -0.597. The van der Waals surface area contributed by atoms with E-state index in [4.69, 9.17) is 4.74 Å². The van der Waals surface area contributed by atoms with E-state index < -0.39 is 5.60 Å². The van der Waals surface area contributed by atoms with Gasteiger partial charge in [-0.3, -0.25) is 4.90 Å². The van der Waals surface area contributed by atoms with Crippen molar-refractivity contribution in [3.05, 3.63) is 29.3 Å². The van der Waals surface area contributed by atoms with E-state index >= 15 is 0 Å². The summed E-state index contributed by atoms with van der Waals surface area (Å²) in [5.41, 5.74) is 2.60. The predicted octanol–water partition coefficient (Wildman–Crippen LogP) is 2.99. The second-order valence-electron chi connectivity index (χ2n) is 8.75. The average Bonchev–Trinajstić information content (AvgIpc) is 2.49. The molecule has 4 aliphatic rings. The Balaban J connectivity index is 1.80. The maximum atomic E-state index is 10.7. The van der Waals surface area contributed by atoms with Crippen LogP contribution >= 0.6 is 0 Å². The molecule has 0 aromatic heterocycles. The van der Waals surface area contributed by atoms with Crippen molar-refractivity contribution in [1.29, 1.82) is 0 Å². The largest absolute Gasteiger partial charge is 0.497 e. The van der Waals surface area contributed by atoms with E-state index in [0.717, 1.165) is 25.0 Å². The summed E-state index contributed by atoms with van der Waals surface area (Å²) >= 11 is 0. The summed E-state index contributed by atoms with van der Waals surface area (Å²) in [6.07, 6.45) is 3.40. The smallest absolute Gasteiger partial charge is 0.119 e. The van der Waals surface area contributed by atoms with Crippen molar-refractivity contribution < 1.29 is 9.84 Å². The molecular weight excluding hydrogens is 286 g/mol. The van der Waals surface area contributed by atoms with Crippen molar-refractivity contribution >= 4 is 0 Å². The number of nitrogens with zero attached hydrogens (tertiary/aromatic N) is 1. The molecule has 3 fully saturated rings. The average molecular weight is 315 g/mol. The standard InChI is InChI=1S/C20H29NO2/c1-19(2,22)15-10-16-17-8-12-6-7-13(23-5)9-14(12)20(16,3)11-18(15)21(17)4/h6-7,9,15-18,22H,8,10-11H2,1-5H3/t15?,16?,17?,18?,20-/m1/s1. The van der Waals surface area contributed by atoms with Crippen LogP contribution in [-0.4, -0.2) is 41.8 Å². The van der Waals surface area contributed by atoms with Gasteiger partial charge in [-0.2, -0.15) is 0 Å². The van der Waals surface area contributed by atoms with E-state index in [1.807, 2.05) is 13.8 Å². The number of fused-ring (bicyclic) bond motifs is 2. The van der Waals surface area contributed by atoms with Crippen molar-refractivity contribution in [1.82, 2.24) is 4.90 Å². The Bertz CT molecular complexity index is 635. The monoisotopic (exact) mass is 315 g/mol. The summed E-state index contributed by atoms with van der Waals surface area (Å²) < 4.78 is 5.49. The molecule has 4 unspecified atom stereocenters. The summed E-state index contributed by atoms with van der Waals surface area (Å²) in [6, 6.07) is 7.71. The first-order valence-electron chi connectivity index (χ1n) is 8.87. The van der Waals surface area contributed by atoms with Gasteiger partial charge in [0, 0.05) is 18.0 Å².